The molecule has 122 valence electrons. The van der Waals surface area contributed by atoms with E-state index in [2.05, 4.69) is 15.1 Å². The molecular formula is C10H16ClF3N4O2S. The first-order valence-electron chi connectivity index (χ1n) is 6.08. The Balaban J connectivity index is 0.00000220. The lowest BCUT2D eigenvalue weighted by Gasteiger charge is -2.10. The molecule has 0 spiro atoms. The summed E-state index contributed by atoms with van der Waals surface area (Å²) in [6.07, 6.45) is -0.798. The summed E-state index contributed by atoms with van der Waals surface area (Å²) in [5, 5.41) is 6.53. The second-order valence-electron chi connectivity index (χ2n) is 4.63. The lowest BCUT2D eigenvalue weighted by molar-refractivity contribution is -0.142. The van der Waals surface area contributed by atoms with Gasteiger partial charge in [0.15, 0.2) is 0 Å². The molecule has 1 aliphatic rings. The van der Waals surface area contributed by atoms with Crippen LogP contribution in [0.5, 0.6) is 0 Å². The van der Waals surface area contributed by atoms with Crippen molar-refractivity contribution in [2.24, 2.45) is 0 Å². The maximum absolute atomic E-state index is 12.2. The number of nitrogens with zero attached hydrogens (tertiary/aromatic N) is 2. The van der Waals surface area contributed by atoms with E-state index in [0.29, 0.717) is 4.68 Å². The number of hydrogen-bond donors (Lipinski definition) is 2. The molecule has 1 aromatic rings. The lowest BCUT2D eigenvalue weighted by Crippen LogP contribution is -2.37. The molecular weight excluding hydrogens is 333 g/mol. The number of sulfonamides is 1. The van der Waals surface area contributed by atoms with E-state index in [4.69, 9.17) is 0 Å². The average molecular weight is 349 g/mol. The minimum atomic E-state index is -4.44. The third kappa shape index (κ3) is 5.46. The third-order valence-corrected chi connectivity index (χ3v) is 4.32. The fourth-order valence-electron chi connectivity index (χ4n) is 1.98. The Hall–Kier alpha value is -0.840. The normalized spacial score (nSPS) is 19.5. The van der Waals surface area contributed by atoms with Crippen LogP contribution in [-0.4, -0.2) is 43.5 Å². The summed E-state index contributed by atoms with van der Waals surface area (Å²) in [5.74, 6) is 0. The number of nitrogens with one attached hydrogen (secondary N) is 2. The predicted molar refractivity (Wildman–Crippen MR) is 71.7 cm³/mol. The maximum atomic E-state index is 12.2. The van der Waals surface area contributed by atoms with Gasteiger partial charge >= 0.3 is 6.18 Å². The Labute approximate surface area is 126 Å². The summed E-state index contributed by atoms with van der Waals surface area (Å²) in [7, 11) is -3.82. The van der Waals surface area contributed by atoms with Crippen LogP contribution in [0.25, 0.3) is 0 Å². The Morgan fingerprint density at radius 2 is 2.19 bits per heavy atom. The summed E-state index contributed by atoms with van der Waals surface area (Å²) < 4.78 is 63.2. The molecule has 2 rings (SSSR count). The minimum Gasteiger partial charge on any atom is -0.313 e. The molecule has 1 atom stereocenters. The molecule has 0 radical (unpaired) electrons. The van der Waals surface area contributed by atoms with Crippen molar-refractivity contribution in [1.29, 1.82) is 0 Å². The van der Waals surface area contributed by atoms with Crippen LogP contribution in [-0.2, 0) is 16.6 Å². The molecule has 0 bridgehead atoms. The molecule has 0 aliphatic carbocycles. The fraction of sp³-hybridized carbons (Fsp3) is 0.700. The highest BCUT2D eigenvalue weighted by Crippen LogP contribution is 2.18. The maximum Gasteiger partial charge on any atom is 0.408 e. The van der Waals surface area contributed by atoms with E-state index in [1.807, 2.05) is 0 Å². The van der Waals surface area contributed by atoms with Gasteiger partial charge in [-0.15, -0.1) is 12.4 Å². The fourth-order valence-corrected chi connectivity index (χ4v) is 3.01. The average Bonchev–Trinajstić information content (AvgIpc) is 2.94. The van der Waals surface area contributed by atoms with Crippen molar-refractivity contribution in [3.05, 3.63) is 12.4 Å². The van der Waals surface area contributed by atoms with Crippen LogP contribution < -0.4 is 10.0 Å². The Morgan fingerprint density at radius 3 is 2.76 bits per heavy atom. The third-order valence-electron chi connectivity index (χ3n) is 2.94. The summed E-state index contributed by atoms with van der Waals surface area (Å²) in [6.45, 7) is -0.255. The van der Waals surface area contributed by atoms with Crippen molar-refractivity contribution in [2.45, 2.75) is 36.5 Å². The molecule has 0 saturated carbocycles. The highest BCUT2D eigenvalue weighted by atomic mass is 35.5. The highest BCUT2D eigenvalue weighted by molar-refractivity contribution is 7.89. The van der Waals surface area contributed by atoms with E-state index in [9.17, 15) is 21.6 Å². The summed E-state index contributed by atoms with van der Waals surface area (Å²) in [6, 6.07) is 0.0648. The van der Waals surface area contributed by atoms with E-state index in [1.165, 1.54) is 0 Å². The first-order chi connectivity index (χ1) is 9.26. The highest BCUT2D eigenvalue weighted by Gasteiger charge is 2.29. The number of rotatable bonds is 5. The molecule has 21 heavy (non-hydrogen) atoms. The van der Waals surface area contributed by atoms with Gasteiger partial charge in [-0.3, -0.25) is 4.68 Å². The monoisotopic (exact) mass is 348 g/mol. The molecule has 1 aromatic heterocycles. The Kier molecular flexibility index (Phi) is 6.02. The summed E-state index contributed by atoms with van der Waals surface area (Å²) >= 11 is 0. The van der Waals surface area contributed by atoms with Gasteiger partial charge in [0.25, 0.3) is 0 Å². The van der Waals surface area contributed by atoms with E-state index in [0.717, 1.165) is 31.8 Å². The second-order valence-corrected chi connectivity index (χ2v) is 6.40. The van der Waals surface area contributed by atoms with Crippen LogP contribution >= 0.6 is 12.4 Å². The van der Waals surface area contributed by atoms with Crippen molar-refractivity contribution in [3.63, 3.8) is 0 Å². The van der Waals surface area contributed by atoms with Gasteiger partial charge in [-0.05, 0) is 19.4 Å². The number of alkyl halides is 3. The van der Waals surface area contributed by atoms with Crippen molar-refractivity contribution >= 4 is 22.4 Å². The molecule has 0 aromatic carbocycles. The zero-order valence-electron chi connectivity index (χ0n) is 10.9. The van der Waals surface area contributed by atoms with E-state index >= 15 is 0 Å². The van der Waals surface area contributed by atoms with Crippen molar-refractivity contribution in [3.8, 4) is 0 Å². The quantitative estimate of drug-likeness (QED) is 0.829. The molecule has 0 amide bonds. The molecule has 2 N–H and O–H groups in total. The van der Waals surface area contributed by atoms with Crippen LogP contribution in [0, 0.1) is 0 Å². The van der Waals surface area contributed by atoms with Crippen LogP contribution in [0.4, 0.5) is 13.2 Å². The van der Waals surface area contributed by atoms with Crippen molar-refractivity contribution < 1.29 is 21.6 Å². The number of aromatic nitrogens is 2. The van der Waals surface area contributed by atoms with Gasteiger partial charge < -0.3 is 5.32 Å². The standard InChI is InChI=1S/C10H15F3N4O2S.ClH/c11-10(12,13)7-17-6-9(5-15-17)20(18,19)16-4-8-2-1-3-14-8;/h5-6,8,14,16H,1-4,7H2;1H. The van der Waals surface area contributed by atoms with E-state index in [1.54, 1.807) is 0 Å². The molecule has 11 heteroatoms. The molecule has 1 saturated heterocycles. The minimum absolute atomic E-state index is 0. The summed E-state index contributed by atoms with van der Waals surface area (Å²) in [5.41, 5.74) is 0. The first kappa shape index (κ1) is 18.2. The largest absolute Gasteiger partial charge is 0.408 e. The van der Waals surface area contributed by atoms with Crippen LogP contribution in [0.1, 0.15) is 12.8 Å². The second kappa shape index (κ2) is 6.95. The van der Waals surface area contributed by atoms with Gasteiger partial charge in [0.1, 0.15) is 11.4 Å². The van der Waals surface area contributed by atoms with Gasteiger partial charge in [-0.2, -0.15) is 18.3 Å². The summed E-state index contributed by atoms with van der Waals surface area (Å²) in [4.78, 5) is -0.264. The Bertz CT molecular complexity index is 555. The van der Waals surface area contributed by atoms with Crippen molar-refractivity contribution in [2.75, 3.05) is 13.1 Å². The van der Waals surface area contributed by atoms with Gasteiger partial charge in [-0.25, -0.2) is 13.1 Å². The van der Waals surface area contributed by atoms with E-state index in [-0.39, 0.29) is 29.9 Å². The lowest BCUT2D eigenvalue weighted by atomic mass is 10.2. The van der Waals surface area contributed by atoms with Crippen molar-refractivity contribution in [1.82, 2.24) is 19.8 Å². The Morgan fingerprint density at radius 1 is 1.48 bits per heavy atom. The van der Waals surface area contributed by atoms with Gasteiger partial charge in [-0.1, -0.05) is 0 Å². The van der Waals surface area contributed by atoms with Gasteiger partial charge in [0, 0.05) is 18.8 Å². The van der Waals surface area contributed by atoms with Crippen LogP contribution in [0.2, 0.25) is 0 Å². The molecule has 1 fully saturated rings. The van der Waals surface area contributed by atoms with Gasteiger partial charge in [0.05, 0.1) is 6.20 Å². The zero-order valence-corrected chi connectivity index (χ0v) is 12.6. The predicted octanol–water partition coefficient (Wildman–Crippen LogP) is 0.897. The first-order valence-corrected chi connectivity index (χ1v) is 7.57. The van der Waals surface area contributed by atoms with E-state index < -0.39 is 22.7 Å². The molecule has 6 nitrogen and oxygen atoms in total. The van der Waals surface area contributed by atoms with Gasteiger partial charge in [0.2, 0.25) is 10.0 Å². The molecule has 2 heterocycles. The molecule has 1 aliphatic heterocycles. The number of halogens is 4. The van der Waals surface area contributed by atoms with Crippen LogP contribution in [0.15, 0.2) is 17.3 Å². The number of hydrogen-bond acceptors (Lipinski definition) is 4. The zero-order chi connectivity index (χ0) is 14.8. The smallest absolute Gasteiger partial charge is 0.313 e. The topological polar surface area (TPSA) is 76.0 Å². The SMILES string of the molecule is Cl.O=S(=O)(NCC1CCCN1)c1cnn(CC(F)(F)F)c1. The van der Waals surface area contributed by atoms with Crippen LogP contribution in [0.3, 0.4) is 0 Å². The molecule has 1 unspecified atom stereocenters.